The molecule has 74 valence electrons. The predicted octanol–water partition coefficient (Wildman–Crippen LogP) is 3.40. The van der Waals surface area contributed by atoms with E-state index in [-0.39, 0.29) is 0 Å². The molecule has 0 atom stereocenters. The number of aromatic nitrogens is 1. The van der Waals surface area contributed by atoms with Crippen LogP contribution in [0.25, 0.3) is 10.9 Å². The Kier molecular flexibility index (Phi) is 2.55. The Morgan fingerprint density at radius 1 is 1.36 bits per heavy atom. The molecule has 0 saturated carbocycles. The smallest absolute Gasteiger partial charge is 0.0485 e. The zero-order valence-corrected chi connectivity index (χ0v) is 9.51. The van der Waals surface area contributed by atoms with Gasteiger partial charge in [-0.05, 0) is 31.5 Å². The fourth-order valence-electron chi connectivity index (χ4n) is 1.99. The standard InChI is InChI=1S/C12H15NS/c1-3-13-10(8-14)7-11-9(2)5-4-6-12(11)13/h4-7,14H,3,8H2,1-2H3. The topological polar surface area (TPSA) is 4.93 Å². The van der Waals surface area contributed by atoms with Crippen LogP contribution in [0.4, 0.5) is 0 Å². The van der Waals surface area contributed by atoms with E-state index in [4.69, 9.17) is 0 Å². The molecular formula is C12H15NS. The van der Waals surface area contributed by atoms with Crippen LogP contribution < -0.4 is 0 Å². The van der Waals surface area contributed by atoms with Crippen molar-refractivity contribution in [2.75, 3.05) is 0 Å². The Labute approximate surface area is 90.1 Å². The maximum absolute atomic E-state index is 4.36. The number of nitrogens with zero attached hydrogens (tertiary/aromatic N) is 1. The van der Waals surface area contributed by atoms with Crippen LogP contribution in [-0.2, 0) is 12.3 Å². The van der Waals surface area contributed by atoms with Crippen molar-refractivity contribution in [2.24, 2.45) is 0 Å². The fourth-order valence-corrected chi connectivity index (χ4v) is 2.25. The molecule has 1 aromatic carbocycles. The molecule has 2 aromatic rings. The van der Waals surface area contributed by atoms with Crippen molar-refractivity contribution in [2.45, 2.75) is 26.1 Å². The number of benzene rings is 1. The van der Waals surface area contributed by atoms with Gasteiger partial charge < -0.3 is 4.57 Å². The highest BCUT2D eigenvalue weighted by molar-refractivity contribution is 7.79. The van der Waals surface area contributed by atoms with Gasteiger partial charge in [0.2, 0.25) is 0 Å². The molecule has 0 amide bonds. The maximum Gasteiger partial charge on any atom is 0.0485 e. The van der Waals surface area contributed by atoms with Crippen molar-refractivity contribution in [3.63, 3.8) is 0 Å². The van der Waals surface area contributed by atoms with Crippen molar-refractivity contribution < 1.29 is 0 Å². The van der Waals surface area contributed by atoms with Crippen LogP contribution in [0.3, 0.4) is 0 Å². The van der Waals surface area contributed by atoms with E-state index in [1.54, 1.807) is 0 Å². The van der Waals surface area contributed by atoms with Crippen LogP contribution in [0.1, 0.15) is 18.2 Å². The quantitative estimate of drug-likeness (QED) is 0.717. The number of thiol groups is 1. The Bertz CT molecular complexity index is 457. The van der Waals surface area contributed by atoms with Crippen molar-refractivity contribution in [1.82, 2.24) is 4.57 Å². The largest absolute Gasteiger partial charge is 0.344 e. The lowest BCUT2D eigenvalue weighted by atomic mass is 10.1. The second-order valence-electron chi connectivity index (χ2n) is 3.55. The minimum Gasteiger partial charge on any atom is -0.344 e. The molecular weight excluding hydrogens is 190 g/mol. The summed E-state index contributed by atoms with van der Waals surface area (Å²) in [6.45, 7) is 5.35. The minimum atomic E-state index is 0.808. The lowest BCUT2D eigenvalue weighted by Gasteiger charge is -2.05. The third kappa shape index (κ3) is 1.34. The fraction of sp³-hybridized carbons (Fsp3) is 0.333. The first-order chi connectivity index (χ1) is 6.77. The molecule has 0 aliphatic rings. The number of hydrogen-bond donors (Lipinski definition) is 1. The summed E-state index contributed by atoms with van der Waals surface area (Å²) in [5.41, 5.74) is 3.98. The Balaban J connectivity index is 2.79. The Hall–Kier alpha value is -0.890. The van der Waals surface area contributed by atoms with E-state index in [2.05, 4.69) is 55.3 Å². The maximum atomic E-state index is 4.36. The predicted molar refractivity (Wildman–Crippen MR) is 65.0 cm³/mol. The highest BCUT2D eigenvalue weighted by atomic mass is 32.1. The number of aryl methyl sites for hydroxylation is 2. The third-order valence-electron chi connectivity index (χ3n) is 2.73. The number of hydrogen-bond acceptors (Lipinski definition) is 1. The molecule has 0 N–H and O–H groups in total. The SMILES string of the molecule is CCn1c(CS)cc2c(C)cccc21. The van der Waals surface area contributed by atoms with Crippen LogP contribution in [0.2, 0.25) is 0 Å². The van der Waals surface area contributed by atoms with Gasteiger partial charge >= 0.3 is 0 Å². The number of fused-ring (bicyclic) bond motifs is 1. The highest BCUT2D eigenvalue weighted by Gasteiger charge is 2.06. The Morgan fingerprint density at radius 3 is 2.79 bits per heavy atom. The second kappa shape index (κ2) is 3.70. The first-order valence-electron chi connectivity index (χ1n) is 4.96. The molecule has 0 spiro atoms. The van der Waals surface area contributed by atoms with E-state index in [1.165, 1.54) is 22.2 Å². The van der Waals surface area contributed by atoms with Gasteiger partial charge in [-0.3, -0.25) is 0 Å². The van der Waals surface area contributed by atoms with Crippen LogP contribution in [0.5, 0.6) is 0 Å². The van der Waals surface area contributed by atoms with Gasteiger partial charge in [0.1, 0.15) is 0 Å². The lowest BCUT2D eigenvalue weighted by Crippen LogP contribution is -1.97. The Morgan fingerprint density at radius 2 is 2.14 bits per heavy atom. The van der Waals surface area contributed by atoms with Crippen LogP contribution in [0.15, 0.2) is 24.3 Å². The van der Waals surface area contributed by atoms with Gasteiger partial charge in [0.25, 0.3) is 0 Å². The van der Waals surface area contributed by atoms with E-state index < -0.39 is 0 Å². The monoisotopic (exact) mass is 205 g/mol. The molecule has 2 rings (SSSR count). The summed E-state index contributed by atoms with van der Waals surface area (Å²) in [5, 5.41) is 1.36. The average molecular weight is 205 g/mol. The summed E-state index contributed by atoms with van der Waals surface area (Å²) in [4.78, 5) is 0. The van der Waals surface area contributed by atoms with E-state index in [1.807, 2.05) is 0 Å². The number of rotatable bonds is 2. The molecule has 0 radical (unpaired) electrons. The lowest BCUT2D eigenvalue weighted by molar-refractivity contribution is 0.766. The molecule has 1 aromatic heterocycles. The van der Waals surface area contributed by atoms with Gasteiger partial charge in [-0.15, -0.1) is 0 Å². The van der Waals surface area contributed by atoms with Gasteiger partial charge in [0.05, 0.1) is 0 Å². The van der Waals surface area contributed by atoms with Gasteiger partial charge in [0, 0.05) is 28.9 Å². The highest BCUT2D eigenvalue weighted by Crippen LogP contribution is 2.23. The van der Waals surface area contributed by atoms with Crippen LogP contribution in [0, 0.1) is 6.92 Å². The van der Waals surface area contributed by atoms with Gasteiger partial charge in [0.15, 0.2) is 0 Å². The molecule has 1 nitrogen and oxygen atoms in total. The zero-order valence-electron chi connectivity index (χ0n) is 8.62. The summed E-state index contributed by atoms with van der Waals surface area (Å²) in [7, 11) is 0. The molecule has 1 heterocycles. The molecule has 0 aliphatic heterocycles. The van der Waals surface area contributed by atoms with E-state index in [0.717, 1.165) is 12.3 Å². The van der Waals surface area contributed by atoms with E-state index >= 15 is 0 Å². The molecule has 0 bridgehead atoms. The zero-order chi connectivity index (χ0) is 10.1. The van der Waals surface area contributed by atoms with E-state index in [9.17, 15) is 0 Å². The molecule has 0 aliphatic carbocycles. The van der Waals surface area contributed by atoms with Gasteiger partial charge in [-0.1, -0.05) is 12.1 Å². The van der Waals surface area contributed by atoms with E-state index in [0.29, 0.717) is 0 Å². The minimum absolute atomic E-state index is 0.808. The summed E-state index contributed by atoms with van der Waals surface area (Å²) in [6, 6.07) is 8.71. The van der Waals surface area contributed by atoms with Crippen LogP contribution in [-0.4, -0.2) is 4.57 Å². The third-order valence-corrected chi connectivity index (χ3v) is 3.05. The first kappa shape index (κ1) is 9.66. The first-order valence-corrected chi connectivity index (χ1v) is 5.59. The molecule has 0 saturated heterocycles. The average Bonchev–Trinajstić information content (AvgIpc) is 2.57. The van der Waals surface area contributed by atoms with Crippen molar-refractivity contribution in [3.05, 3.63) is 35.5 Å². The molecule has 14 heavy (non-hydrogen) atoms. The molecule has 2 heteroatoms. The van der Waals surface area contributed by atoms with Crippen molar-refractivity contribution >= 4 is 23.5 Å². The summed E-state index contributed by atoms with van der Waals surface area (Å²) < 4.78 is 2.33. The second-order valence-corrected chi connectivity index (χ2v) is 3.86. The summed E-state index contributed by atoms with van der Waals surface area (Å²) in [5.74, 6) is 0.808. The van der Waals surface area contributed by atoms with Crippen molar-refractivity contribution in [3.8, 4) is 0 Å². The van der Waals surface area contributed by atoms with Crippen LogP contribution >= 0.6 is 12.6 Å². The van der Waals surface area contributed by atoms with Crippen molar-refractivity contribution in [1.29, 1.82) is 0 Å². The van der Waals surface area contributed by atoms with Gasteiger partial charge in [-0.2, -0.15) is 12.6 Å². The molecule has 0 unspecified atom stereocenters. The van der Waals surface area contributed by atoms with Gasteiger partial charge in [-0.25, -0.2) is 0 Å². The normalized spacial score (nSPS) is 11.1. The molecule has 0 fully saturated rings. The summed E-state index contributed by atoms with van der Waals surface area (Å²) >= 11 is 4.36. The summed E-state index contributed by atoms with van der Waals surface area (Å²) in [6.07, 6.45) is 0.